The van der Waals surface area contributed by atoms with Crippen LogP contribution in [0, 0.1) is 10.1 Å². The Labute approximate surface area is 166 Å². The van der Waals surface area contributed by atoms with Crippen molar-refractivity contribution in [2.24, 2.45) is 0 Å². The number of nitro benzene ring substituents is 1. The first kappa shape index (κ1) is 20.1. The minimum Gasteiger partial charge on any atom is -0.496 e. The molecule has 1 aliphatic rings. The van der Waals surface area contributed by atoms with E-state index in [1.54, 1.807) is 0 Å². The predicted molar refractivity (Wildman–Crippen MR) is 102 cm³/mol. The van der Waals surface area contributed by atoms with E-state index in [0.717, 1.165) is 11.1 Å². The minimum atomic E-state index is -0.781. The molecular weight excluding hydrogens is 380 g/mol. The van der Waals surface area contributed by atoms with E-state index in [1.165, 1.54) is 37.3 Å². The molecule has 1 heterocycles. The fourth-order valence-electron chi connectivity index (χ4n) is 3.24. The topological polar surface area (TPSA) is 108 Å². The summed E-state index contributed by atoms with van der Waals surface area (Å²) in [6.07, 6.45) is 0.331. The molecule has 0 aromatic heterocycles. The molecule has 3 rings (SSSR count). The third-order valence-corrected chi connectivity index (χ3v) is 4.76. The van der Waals surface area contributed by atoms with E-state index in [-0.39, 0.29) is 18.0 Å². The summed E-state index contributed by atoms with van der Waals surface area (Å²) in [5.41, 5.74) is 1.58. The SMILES string of the molecule is COC(=O)[C@H]1Cc2ccccc2CN1C(=O)COc1ccc(OC)cc1[N+](=O)[O-]. The van der Waals surface area contributed by atoms with Crippen molar-refractivity contribution in [1.29, 1.82) is 0 Å². The number of nitrogens with zero attached hydrogens (tertiary/aromatic N) is 2. The van der Waals surface area contributed by atoms with Gasteiger partial charge in [-0.1, -0.05) is 24.3 Å². The Morgan fingerprint density at radius 3 is 2.55 bits per heavy atom. The van der Waals surface area contributed by atoms with Crippen molar-refractivity contribution in [3.05, 3.63) is 63.7 Å². The number of methoxy groups -OCH3 is 2. The molecule has 152 valence electrons. The van der Waals surface area contributed by atoms with E-state index in [9.17, 15) is 19.7 Å². The monoisotopic (exact) mass is 400 g/mol. The van der Waals surface area contributed by atoms with Gasteiger partial charge in [-0.15, -0.1) is 0 Å². The molecule has 0 aliphatic carbocycles. The summed E-state index contributed by atoms with van der Waals surface area (Å²) in [6.45, 7) is -0.230. The first-order chi connectivity index (χ1) is 13.9. The number of rotatable bonds is 6. The van der Waals surface area contributed by atoms with Gasteiger partial charge in [0.2, 0.25) is 0 Å². The average Bonchev–Trinajstić information content (AvgIpc) is 2.75. The van der Waals surface area contributed by atoms with E-state index < -0.39 is 29.4 Å². The minimum absolute atomic E-state index is 0.0591. The number of hydrogen-bond acceptors (Lipinski definition) is 7. The summed E-state index contributed by atoms with van der Waals surface area (Å²) in [6, 6.07) is 10.8. The molecule has 0 unspecified atom stereocenters. The molecule has 1 amide bonds. The van der Waals surface area contributed by atoms with Crippen LogP contribution >= 0.6 is 0 Å². The van der Waals surface area contributed by atoms with Gasteiger partial charge in [0.15, 0.2) is 12.4 Å². The van der Waals surface area contributed by atoms with Gasteiger partial charge in [-0.3, -0.25) is 14.9 Å². The van der Waals surface area contributed by atoms with Gasteiger partial charge < -0.3 is 19.1 Å². The van der Waals surface area contributed by atoms with Crippen LogP contribution in [0.1, 0.15) is 11.1 Å². The summed E-state index contributed by atoms with van der Waals surface area (Å²) in [5, 5.41) is 11.3. The van der Waals surface area contributed by atoms with Crippen LogP contribution in [0.3, 0.4) is 0 Å². The van der Waals surface area contributed by atoms with Crippen molar-refractivity contribution in [2.45, 2.75) is 19.0 Å². The lowest BCUT2D eigenvalue weighted by Crippen LogP contribution is -2.50. The smallest absolute Gasteiger partial charge is 0.328 e. The quantitative estimate of drug-likeness (QED) is 0.415. The van der Waals surface area contributed by atoms with Gasteiger partial charge >= 0.3 is 11.7 Å². The maximum absolute atomic E-state index is 12.8. The van der Waals surface area contributed by atoms with Gasteiger partial charge in [-0.05, 0) is 23.3 Å². The van der Waals surface area contributed by atoms with E-state index in [4.69, 9.17) is 14.2 Å². The molecule has 2 aromatic carbocycles. The molecule has 2 aromatic rings. The lowest BCUT2D eigenvalue weighted by molar-refractivity contribution is -0.385. The number of carbonyl (C=O) groups excluding carboxylic acids is 2. The summed E-state index contributed by atoms with van der Waals surface area (Å²) in [5.74, 6) is -0.756. The lowest BCUT2D eigenvalue weighted by atomic mass is 9.94. The highest BCUT2D eigenvalue weighted by Gasteiger charge is 2.35. The Hall–Kier alpha value is -3.62. The molecule has 1 aliphatic heterocycles. The van der Waals surface area contributed by atoms with E-state index in [2.05, 4.69) is 0 Å². The van der Waals surface area contributed by atoms with E-state index >= 15 is 0 Å². The van der Waals surface area contributed by atoms with Gasteiger partial charge in [0.05, 0.1) is 25.2 Å². The largest absolute Gasteiger partial charge is 0.496 e. The summed E-state index contributed by atoms with van der Waals surface area (Å²) >= 11 is 0. The van der Waals surface area contributed by atoms with Crippen molar-refractivity contribution in [3.63, 3.8) is 0 Å². The molecule has 29 heavy (non-hydrogen) atoms. The van der Waals surface area contributed by atoms with E-state index in [1.807, 2.05) is 24.3 Å². The number of esters is 1. The number of nitro groups is 1. The number of benzene rings is 2. The van der Waals surface area contributed by atoms with Crippen LogP contribution in [0.15, 0.2) is 42.5 Å². The molecule has 0 saturated heterocycles. The second kappa shape index (κ2) is 8.59. The molecule has 0 N–H and O–H groups in total. The maximum atomic E-state index is 12.8. The van der Waals surface area contributed by atoms with E-state index in [0.29, 0.717) is 12.2 Å². The molecule has 9 heteroatoms. The first-order valence-electron chi connectivity index (χ1n) is 8.84. The standard InChI is InChI=1S/C20H20N2O7/c1-27-15-7-8-18(16(10-15)22(25)26)29-12-19(23)21-11-14-6-4-3-5-13(14)9-17(21)20(24)28-2/h3-8,10,17H,9,11-12H2,1-2H3/t17-/m1/s1. The van der Waals surface area contributed by atoms with Gasteiger partial charge in [0, 0.05) is 13.0 Å². The molecule has 9 nitrogen and oxygen atoms in total. The first-order valence-corrected chi connectivity index (χ1v) is 8.84. The second-order valence-electron chi connectivity index (χ2n) is 6.41. The molecule has 0 saturated carbocycles. The van der Waals surface area contributed by atoms with Crippen molar-refractivity contribution in [3.8, 4) is 11.5 Å². The Kier molecular flexibility index (Phi) is 5.96. The lowest BCUT2D eigenvalue weighted by Gasteiger charge is -2.35. The van der Waals surface area contributed by atoms with Crippen molar-refractivity contribution < 1.29 is 28.7 Å². The molecule has 0 spiro atoms. The fourth-order valence-corrected chi connectivity index (χ4v) is 3.24. The number of fused-ring (bicyclic) bond motifs is 1. The van der Waals surface area contributed by atoms with Crippen LogP contribution in [0.2, 0.25) is 0 Å². The average molecular weight is 400 g/mol. The maximum Gasteiger partial charge on any atom is 0.328 e. The third kappa shape index (κ3) is 4.29. The molecular formula is C20H20N2O7. The zero-order valence-electron chi connectivity index (χ0n) is 16.0. The number of ether oxygens (including phenoxy) is 3. The zero-order valence-corrected chi connectivity index (χ0v) is 16.0. The van der Waals surface area contributed by atoms with Crippen LogP contribution in [0.25, 0.3) is 0 Å². The summed E-state index contributed by atoms with van der Waals surface area (Å²) < 4.78 is 15.2. The molecule has 0 bridgehead atoms. The Bertz CT molecular complexity index is 944. The zero-order chi connectivity index (χ0) is 21.0. The number of amides is 1. The van der Waals surface area contributed by atoms with Crippen molar-refractivity contribution in [2.75, 3.05) is 20.8 Å². The van der Waals surface area contributed by atoms with Gasteiger partial charge in [0.25, 0.3) is 5.91 Å². The number of carbonyl (C=O) groups is 2. The highest BCUT2D eigenvalue weighted by atomic mass is 16.6. The third-order valence-electron chi connectivity index (χ3n) is 4.76. The molecule has 0 radical (unpaired) electrons. The Balaban J connectivity index is 1.79. The molecule has 1 atom stereocenters. The number of hydrogen-bond donors (Lipinski definition) is 0. The van der Waals surface area contributed by atoms with Gasteiger partial charge in [0.1, 0.15) is 11.8 Å². The van der Waals surface area contributed by atoms with Crippen LogP contribution in [0.5, 0.6) is 11.5 Å². The van der Waals surface area contributed by atoms with Crippen LogP contribution in [-0.4, -0.2) is 48.6 Å². The summed E-state index contributed by atoms with van der Waals surface area (Å²) in [4.78, 5) is 37.1. The molecule has 0 fully saturated rings. The fraction of sp³-hybridized carbons (Fsp3) is 0.300. The van der Waals surface area contributed by atoms with Gasteiger partial charge in [-0.25, -0.2) is 4.79 Å². The van der Waals surface area contributed by atoms with Crippen LogP contribution in [0.4, 0.5) is 5.69 Å². The Morgan fingerprint density at radius 1 is 1.17 bits per heavy atom. The highest BCUT2D eigenvalue weighted by molar-refractivity contribution is 5.86. The van der Waals surface area contributed by atoms with Crippen LogP contribution < -0.4 is 9.47 Å². The second-order valence-corrected chi connectivity index (χ2v) is 6.41. The predicted octanol–water partition coefficient (Wildman–Crippen LogP) is 2.11. The van der Waals surface area contributed by atoms with Crippen molar-refractivity contribution >= 4 is 17.6 Å². The summed E-state index contributed by atoms with van der Waals surface area (Å²) in [7, 11) is 2.66. The van der Waals surface area contributed by atoms with Crippen LogP contribution in [-0.2, 0) is 27.3 Å². The van der Waals surface area contributed by atoms with Gasteiger partial charge in [-0.2, -0.15) is 0 Å². The normalized spacial score (nSPS) is 15.2. The Morgan fingerprint density at radius 2 is 1.90 bits per heavy atom. The van der Waals surface area contributed by atoms with Crippen molar-refractivity contribution in [1.82, 2.24) is 4.90 Å². The highest BCUT2D eigenvalue weighted by Crippen LogP contribution is 2.31.